The fraction of sp³-hybridized carbons (Fsp3) is 0.171. The number of rotatable bonds is 7. The van der Waals surface area contributed by atoms with E-state index < -0.39 is 17.6 Å². The van der Waals surface area contributed by atoms with Crippen molar-refractivity contribution in [3.05, 3.63) is 142 Å². The molecule has 0 N–H and O–H groups in total. The summed E-state index contributed by atoms with van der Waals surface area (Å²) in [5.74, 6) is -0.309. The fourth-order valence-electron chi connectivity index (χ4n) is 5.45. The van der Waals surface area contributed by atoms with E-state index in [1.807, 2.05) is 67.6 Å². The van der Waals surface area contributed by atoms with Crippen LogP contribution in [0, 0.1) is 6.92 Å². The van der Waals surface area contributed by atoms with E-state index in [2.05, 4.69) is 10.1 Å². The normalized spacial score (nSPS) is 14.3. The number of benzene rings is 3. The predicted octanol–water partition coefficient (Wildman–Crippen LogP) is 7.53. The minimum Gasteiger partial charge on any atom is -0.305 e. The molecular weight excluding hydrogens is 611 g/mol. The fourth-order valence-corrected chi connectivity index (χ4v) is 5.45. The van der Waals surface area contributed by atoms with E-state index in [1.165, 1.54) is 23.2 Å². The van der Waals surface area contributed by atoms with Gasteiger partial charge >= 0.3 is 6.18 Å². The van der Waals surface area contributed by atoms with Gasteiger partial charge in [0.1, 0.15) is 5.69 Å². The van der Waals surface area contributed by atoms with Gasteiger partial charge < -0.3 is 4.90 Å². The van der Waals surface area contributed by atoms with E-state index in [4.69, 9.17) is 4.99 Å². The molecule has 1 aliphatic rings. The van der Waals surface area contributed by atoms with E-state index in [9.17, 15) is 22.8 Å². The first-order valence-electron chi connectivity index (χ1n) is 14.4. The molecule has 0 spiro atoms. The second-order valence-corrected chi connectivity index (χ2v) is 10.9. The van der Waals surface area contributed by atoms with Crippen LogP contribution < -0.4 is 4.90 Å². The number of pyridine rings is 1. The molecule has 0 unspecified atom stereocenters. The highest BCUT2D eigenvalue weighted by atomic mass is 32.1. The van der Waals surface area contributed by atoms with Crippen LogP contribution in [0.2, 0.25) is 0 Å². The summed E-state index contributed by atoms with van der Waals surface area (Å²) in [7, 11) is 0. The van der Waals surface area contributed by atoms with Crippen molar-refractivity contribution in [2.24, 2.45) is 4.99 Å². The topological polar surface area (TPSA) is 80.5 Å². The van der Waals surface area contributed by atoms with Crippen molar-refractivity contribution in [1.29, 1.82) is 0 Å². The zero-order chi connectivity index (χ0) is 31.7. The third-order valence-electron chi connectivity index (χ3n) is 7.62. The smallest absolute Gasteiger partial charge is 0.305 e. The van der Waals surface area contributed by atoms with E-state index in [0.717, 1.165) is 23.3 Å². The van der Waals surface area contributed by atoms with Crippen LogP contribution in [0.25, 0.3) is 0 Å². The Balaban J connectivity index is 0.00000417. The van der Waals surface area contributed by atoms with Gasteiger partial charge in [-0.05, 0) is 50.2 Å². The zero-order valence-electron chi connectivity index (χ0n) is 25.0. The number of fused-ring (bicyclic) bond motifs is 1. The molecule has 11 heteroatoms. The highest BCUT2D eigenvalue weighted by molar-refractivity contribution is 7.59. The quantitative estimate of drug-likeness (QED) is 0.136. The first kappa shape index (κ1) is 32.4. The Labute approximate surface area is 270 Å². The number of aliphatic imine (C=N–C) groups is 1. The molecule has 46 heavy (non-hydrogen) atoms. The van der Waals surface area contributed by atoms with Crippen molar-refractivity contribution in [3.63, 3.8) is 0 Å². The Morgan fingerprint density at radius 2 is 1.52 bits per heavy atom. The van der Waals surface area contributed by atoms with Gasteiger partial charge in [0.15, 0.2) is 11.6 Å². The number of hydrogen-bond acceptors (Lipinski definition) is 5. The number of anilines is 1. The summed E-state index contributed by atoms with van der Waals surface area (Å²) in [5.41, 5.74) is 3.71. The van der Waals surface area contributed by atoms with Gasteiger partial charge in [-0.1, -0.05) is 60.7 Å². The van der Waals surface area contributed by atoms with Crippen molar-refractivity contribution in [2.45, 2.75) is 32.5 Å². The molecule has 3 aromatic carbocycles. The number of nitrogens with zero attached hydrogens (tertiary/aromatic N) is 5. The number of aryl methyl sites for hydroxylation is 1. The van der Waals surface area contributed by atoms with Crippen LogP contribution in [0.15, 0.2) is 108 Å². The van der Waals surface area contributed by atoms with Crippen LogP contribution in [-0.4, -0.2) is 38.7 Å². The number of halogens is 3. The zero-order valence-corrected chi connectivity index (χ0v) is 26.0. The molecule has 5 aromatic rings. The third-order valence-corrected chi connectivity index (χ3v) is 7.62. The van der Waals surface area contributed by atoms with Crippen LogP contribution in [0.3, 0.4) is 0 Å². The van der Waals surface area contributed by atoms with Crippen molar-refractivity contribution >= 4 is 42.4 Å². The Morgan fingerprint density at radius 1 is 0.913 bits per heavy atom. The van der Waals surface area contributed by atoms with Crippen LogP contribution >= 0.6 is 13.5 Å². The van der Waals surface area contributed by atoms with E-state index in [-0.39, 0.29) is 44.0 Å². The number of carbonyl (C=O) groups is 2. The first-order chi connectivity index (χ1) is 21.6. The lowest BCUT2D eigenvalue weighted by atomic mass is 10.0. The molecule has 1 aliphatic heterocycles. The first-order valence-corrected chi connectivity index (χ1v) is 14.4. The summed E-state index contributed by atoms with van der Waals surface area (Å²) in [4.78, 5) is 38.2. The monoisotopic (exact) mass is 641 g/mol. The van der Waals surface area contributed by atoms with E-state index in [1.54, 1.807) is 23.7 Å². The molecule has 2 aromatic heterocycles. The minimum atomic E-state index is -4.48. The number of Topliss-reactive ketones (excluding diaryl/α,β-unsaturated/α-hetero) is 1. The number of alkyl halides is 3. The number of amides is 1. The Bertz CT molecular complexity index is 1870. The standard InChI is InChI=1S/C35H28F3N5O2.H2S/c1-22-17-26(19-31(40-22)41-32(24-9-5-3-6-10-24)25-11-7-4-8-12-25)30(44)18-27-20-39-43-23(2)21-42(34(45)33(27)43)29-15-13-28(14-16-29)35(36,37)38;/h3-17,19-20,23H,18,21H2,1-2H3;1H2/t23-;/m0./s1. The summed E-state index contributed by atoms with van der Waals surface area (Å²) in [5, 5.41) is 4.39. The largest absolute Gasteiger partial charge is 0.416 e. The van der Waals surface area contributed by atoms with Crippen molar-refractivity contribution < 1.29 is 22.8 Å². The van der Waals surface area contributed by atoms with Crippen LogP contribution in [0.5, 0.6) is 0 Å². The van der Waals surface area contributed by atoms with E-state index in [0.29, 0.717) is 34.0 Å². The summed E-state index contributed by atoms with van der Waals surface area (Å²) < 4.78 is 40.9. The molecule has 0 saturated heterocycles. The van der Waals surface area contributed by atoms with Crippen LogP contribution in [0.1, 0.15) is 61.8 Å². The molecule has 1 atom stereocenters. The van der Waals surface area contributed by atoms with Gasteiger partial charge in [0.05, 0.1) is 23.5 Å². The van der Waals surface area contributed by atoms with Crippen molar-refractivity contribution in [1.82, 2.24) is 14.8 Å². The molecule has 6 rings (SSSR count). The van der Waals surface area contributed by atoms with Crippen LogP contribution in [-0.2, 0) is 12.6 Å². The van der Waals surface area contributed by atoms with Gasteiger partial charge in [-0.3, -0.25) is 14.3 Å². The second kappa shape index (κ2) is 13.1. The Kier molecular flexibility index (Phi) is 9.24. The van der Waals surface area contributed by atoms with Gasteiger partial charge in [-0.15, -0.1) is 0 Å². The van der Waals surface area contributed by atoms with Crippen molar-refractivity contribution in [3.8, 4) is 0 Å². The van der Waals surface area contributed by atoms with Gasteiger partial charge in [0.2, 0.25) is 0 Å². The molecule has 3 heterocycles. The SMILES string of the molecule is Cc1cc(C(=O)Cc2cnn3c2C(=O)N(c2ccc(C(F)(F)F)cc2)C[C@@H]3C)cc(N=C(c2ccccc2)c2ccccc2)n1.S. The second-order valence-electron chi connectivity index (χ2n) is 10.9. The predicted molar refractivity (Wildman–Crippen MR) is 176 cm³/mol. The van der Waals surface area contributed by atoms with Crippen LogP contribution in [0.4, 0.5) is 24.7 Å². The maximum Gasteiger partial charge on any atom is 0.416 e. The van der Waals surface area contributed by atoms with Gasteiger partial charge in [0, 0.05) is 46.6 Å². The molecule has 0 aliphatic carbocycles. The van der Waals surface area contributed by atoms with Gasteiger partial charge in [-0.2, -0.15) is 31.8 Å². The summed E-state index contributed by atoms with van der Waals surface area (Å²) >= 11 is 0. The van der Waals surface area contributed by atoms with Crippen molar-refractivity contribution in [2.75, 3.05) is 11.4 Å². The molecule has 1 amide bonds. The minimum absolute atomic E-state index is 0. The molecule has 0 bridgehead atoms. The summed E-state index contributed by atoms with van der Waals surface area (Å²) in [6.45, 7) is 3.87. The lowest BCUT2D eigenvalue weighted by molar-refractivity contribution is -0.137. The lowest BCUT2D eigenvalue weighted by Crippen LogP contribution is -2.43. The molecule has 234 valence electrons. The molecule has 0 saturated carbocycles. The lowest BCUT2D eigenvalue weighted by Gasteiger charge is -2.32. The average Bonchev–Trinajstić information content (AvgIpc) is 3.46. The number of ketones is 1. The highest BCUT2D eigenvalue weighted by Crippen LogP contribution is 2.33. The van der Waals surface area contributed by atoms with Gasteiger partial charge in [-0.25, -0.2) is 9.98 Å². The third kappa shape index (κ3) is 6.64. The maximum atomic E-state index is 13.7. The van der Waals surface area contributed by atoms with E-state index >= 15 is 0 Å². The number of carbonyl (C=O) groups excluding carboxylic acids is 2. The number of aromatic nitrogens is 3. The molecule has 7 nitrogen and oxygen atoms in total. The van der Waals surface area contributed by atoms with Gasteiger partial charge in [0.25, 0.3) is 5.91 Å². The number of hydrogen-bond donors (Lipinski definition) is 0. The summed E-state index contributed by atoms with van der Waals surface area (Å²) in [6, 6.07) is 27.0. The Hall–Kier alpha value is -5.03. The highest BCUT2D eigenvalue weighted by Gasteiger charge is 2.35. The Morgan fingerprint density at radius 3 is 2.11 bits per heavy atom. The molecule has 0 radical (unpaired) electrons. The summed E-state index contributed by atoms with van der Waals surface area (Å²) in [6.07, 6.45) is -3.08. The molecule has 0 fully saturated rings. The average molecular weight is 642 g/mol. The maximum absolute atomic E-state index is 13.7. The molecular formula is C35H30F3N5O2S.